The number of anilines is 2. The number of hydrogen-bond donors (Lipinski definition) is 1. The first-order chi connectivity index (χ1) is 9.58. The molecule has 0 radical (unpaired) electrons. The number of aryl methyl sites for hydroxylation is 2. The molecule has 3 rings (SSSR count). The SMILES string of the molecule is Cc1ccc(C(=O)N2CCc3cccc(N)c32)c(C)n1. The van der Waals surface area contributed by atoms with Gasteiger partial charge in [0, 0.05) is 12.2 Å². The molecule has 4 nitrogen and oxygen atoms in total. The van der Waals surface area contributed by atoms with E-state index in [1.807, 2.05) is 44.2 Å². The normalized spacial score (nSPS) is 13.4. The van der Waals surface area contributed by atoms with Crippen molar-refractivity contribution >= 4 is 17.3 Å². The van der Waals surface area contributed by atoms with E-state index in [0.29, 0.717) is 17.8 Å². The van der Waals surface area contributed by atoms with Crippen molar-refractivity contribution in [1.29, 1.82) is 0 Å². The van der Waals surface area contributed by atoms with Gasteiger partial charge in [0.2, 0.25) is 0 Å². The number of pyridine rings is 1. The van der Waals surface area contributed by atoms with Gasteiger partial charge in [-0.15, -0.1) is 0 Å². The number of nitrogens with zero attached hydrogens (tertiary/aromatic N) is 2. The Morgan fingerprint density at radius 1 is 1.25 bits per heavy atom. The van der Waals surface area contributed by atoms with Crippen molar-refractivity contribution in [2.45, 2.75) is 20.3 Å². The zero-order valence-electron chi connectivity index (χ0n) is 11.7. The lowest BCUT2D eigenvalue weighted by molar-refractivity contribution is 0.0988. The number of rotatable bonds is 1. The largest absolute Gasteiger partial charge is 0.397 e. The molecule has 4 heteroatoms. The third kappa shape index (κ3) is 1.93. The predicted molar refractivity (Wildman–Crippen MR) is 79.9 cm³/mol. The summed E-state index contributed by atoms with van der Waals surface area (Å²) in [6.45, 7) is 4.46. The Morgan fingerprint density at radius 3 is 2.80 bits per heavy atom. The highest BCUT2D eigenvalue weighted by Gasteiger charge is 2.28. The van der Waals surface area contributed by atoms with Crippen molar-refractivity contribution in [3.63, 3.8) is 0 Å². The van der Waals surface area contributed by atoms with Gasteiger partial charge in [-0.25, -0.2) is 0 Å². The average Bonchev–Trinajstić information content (AvgIpc) is 2.83. The molecule has 0 fully saturated rings. The minimum absolute atomic E-state index is 0.0216. The lowest BCUT2D eigenvalue weighted by Crippen LogP contribution is -2.30. The predicted octanol–water partition coefficient (Wildman–Crippen LogP) is 2.48. The summed E-state index contributed by atoms with van der Waals surface area (Å²) in [5, 5.41) is 0. The third-order valence-corrected chi connectivity index (χ3v) is 3.73. The van der Waals surface area contributed by atoms with Crippen molar-refractivity contribution in [3.05, 3.63) is 52.8 Å². The number of benzene rings is 1. The number of carbonyl (C=O) groups is 1. The molecule has 1 amide bonds. The fraction of sp³-hybridized carbons (Fsp3) is 0.250. The summed E-state index contributed by atoms with van der Waals surface area (Å²) in [6, 6.07) is 9.51. The Kier molecular flexibility index (Phi) is 2.93. The van der Waals surface area contributed by atoms with Crippen LogP contribution in [-0.2, 0) is 6.42 Å². The molecule has 0 saturated carbocycles. The Bertz CT molecular complexity index is 694. The van der Waals surface area contributed by atoms with E-state index in [9.17, 15) is 4.79 Å². The van der Waals surface area contributed by atoms with Crippen molar-refractivity contribution in [2.75, 3.05) is 17.2 Å². The highest BCUT2D eigenvalue weighted by molar-refractivity contribution is 6.09. The Labute approximate surface area is 118 Å². The van der Waals surface area contributed by atoms with Crippen LogP contribution in [-0.4, -0.2) is 17.4 Å². The molecular formula is C16H17N3O. The number of para-hydroxylation sites is 1. The Hall–Kier alpha value is -2.36. The van der Waals surface area contributed by atoms with Crippen molar-refractivity contribution in [1.82, 2.24) is 4.98 Å². The van der Waals surface area contributed by atoms with Gasteiger partial charge in [-0.05, 0) is 44.0 Å². The van der Waals surface area contributed by atoms with Crippen LogP contribution in [0.1, 0.15) is 27.3 Å². The quantitative estimate of drug-likeness (QED) is 0.807. The van der Waals surface area contributed by atoms with Gasteiger partial charge in [-0.2, -0.15) is 0 Å². The number of hydrogen-bond acceptors (Lipinski definition) is 3. The monoisotopic (exact) mass is 267 g/mol. The number of nitrogen functional groups attached to an aromatic ring is 1. The van der Waals surface area contributed by atoms with E-state index in [0.717, 1.165) is 29.1 Å². The third-order valence-electron chi connectivity index (χ3n) is 3.73. The molecule has 0 saturated heterocycles. The molecule has 0 unspecified atom stereocenters. The molecule has 102 valence electrons. The van der Waals surface area contributed by atoms with E-state index < -0.39 is 0 Å². The second-order valence-corrected chi connectivity index (χ2v) is 5.15. The number of amides is 1. The van der Waals surface area contributed by atoms with Crippen LogP contribution in [0.5, 0.6) is 0 Å². The van der Waals surface area contributed by atoms with Gasteiger partial charge in [-0.1, -0.05) is 12.1 Å². The molecule has 1 aromatic carbocycles. The average molecular weight is 267 g/mol. The maximum atomic E-state index is 12.7. The van der Waals surface area contributed by atoms with Crippen LogP contribution in [0.15, 0.2) is 30.3 Å². The topological polar surface area (TPSA) is 59.2 Å². The summed E-state index contributed by atoms with van der Waals surface area (Å²) in [5.74, 6) is -0.0216. The number of nitrogens with two attached hydrogens (primary N) is 1. The Balaban J connectivity index is 2.02. The van der Waals surface area contributed by atoms with Crippen molar-refractivity contribution in [2.24, 2.45) is 0 Å². The molecule has 1 aliphatic heterocycles. The van der Waals surface area contributed by atoms with E-state index in [-0.39, 0.29) is 5.91 Å². The molecule has 1 aliphatic rings. The molecule has 1 aromatic heterocycles. The smallest absolute Gasteiger partial charge is 0.260 e. The molecule has 0 atom stereocenters. The fourth-order valence-corrected chi connectivity index (χ4v) is 2.75. The number of fused-ring (bicyclic) bond motifs is 1. The van der Waals surface area contributed by atoms with Gasteiger partial charge in [0.25, 0.3) is 5.91 Å². The van der Waals surface area contributed by atoms with Crippen LogP contribution < -0.4 is 10.6 Å². The lowest BCUT2D eigenvalue weighted by Gasteiger charge is -2.19. The van der Waals surface area contributed by atoms with Gasteiger partial charge < -0.3 is 10.6 Å². The van der Waals surface area contributed by atoms with Gasteiger partial charge in [0.05, 0.1) is 22.6 Å². The summed E-state index contributed by atoms with van der Waals surface area (Å²) in [5.41, 5.74) is 11.0. The molecular weight excluding hydrogens is 250 g/mol. The maximum Gasteiger partial charge on any atom is 0.260 e. The Morgan fingerprint density at radius 2 is 2.05 bits per heavy atom. The standard InChI is InChI=1S/C16H17N3O/c1-10-6-7-13(11(2)18-10)16(20)19-9-8-12-4-3-5-14(17)15(12)19/h3-7H,8-9,17H2,1-2H3. The van der Waals surface area contributed by atoms with Gasteiger partial charge in [-0.3, -0.25) is 9.78 Å². The van der Waals surface area contributed by atoms with Crippen LogP contribution >= 0.6 is 0 Å². The summed E-state index contributed by atoms with van der Waals surface area (Å²) in [6.07, 6.45) is 0.852. The minimum atomic E-state index is -0.0216. The second kappa shape index (κ2) is 4.63. The first-order valence-corrected chi connectivity index (χ1v) is 6.71. The van der Waals surface area contributed by atoms with E-state index in [4.69, 9.17) is 5.73 Å². The highest BCUT2D eigenvalue weighted by Crippen LogP contribution is 2.34. The molecule has 0 aliphatic carbocycles. The molecule has 2 N–H and O–H groups in total. The molecule has 2 aromatic rings. The van der Waals surface area contributed by atoms with E-state index in [2.05, 4.69) is 4.98 Å². The summed E-state index contributed by atoms with van der Waals surface area (Å²) in [4.78, 5) is 18.9. The molecule has 0 bridgehead atoms. The van der Waals surface area contributed by atoms with Crippen molar-refractivity contribution < 1.29 is 4.79 Å². The molecule has 0 spiro atoms. The number of carbonyl (C=O) groups excluding carboxylic acids is 1. The zero-order valence-corrected chi connectivity index (χ0v) is 11.7. The highest BCUT2D eigenvalue weighted by atomic mass is 16.2. The summed E-state index contributed by atoms with van der Waals surface area (Å²) in [7, 11) is 0. The van der Waals surface area contributed by atoms with Crippen molar-refractivity contribution in [3.8, 4) is 0 Å². The van der Waals surface area contributed by atoms with Crippen LogP contribution in [0, 0.1) is 13.8 Å². The summed E-state index contributed by atoms with van der Waals surface area (Å²) >= 11 is 0. The second-order valence-electron chi connectivity index (χ2n) is 5.15. The minimum Gasteiger partial charge on any atom is -0.397 e. The van der Waals surface area contributed by atoms with Crippen LogP contribution in [0.4, 0.5) is 11.4 Å². The van der Waals surface area contributed by atoms with Crippen LogP contribution in [0.3, 0.4) is 0 Å². The lowest BCUT2D eigenvalue weighted by atomic mass is 10.1. The van der Waals surface area contributed by atoms with Crippen LogP contribution in [0.2, 0.25) is 0 Å². The summed E-state index contributed by atoms with van der Waals surface area (Å²) < 4.78 is 0. The zero-order chi connectivity index (χ0) is 14.3. The first-order valence-electron chi connectivity index (χ1n) is 6.71. The van der Waals surface area contributed by atoms with Gasteiger partial charge in [0.15, 0.2) is 0 Å². The number of aromatic nitrogens is 1. The van der Waals surface area contributed by atoms with E-state index in [1.165, 1.54) is 0 Å². The van der Waals surface area contributed by atoms with E-state index >= 15 is 0 Å². The van der Waals surface area contributed by atoms with Gasteiger partial charge in [0.1, 0.15) is 0 Å². The molecule has 2 heterocycles. The maximum absolute atomic E-state index is 12.7. The van der Waals surface area contributed by atoms with Crippen LogP contribution in [0.25, 0.3) is 0 Å². The van der Waals surface area contributed by atoms with Gasteiger partial charge >= 0.3 is 0 Å². The molecule has 20 heavy (non-hydrogen) atoms. The van der Waals surface area contributed by atoms with E-state index in [1.54, 1.807) is 4.90 Å². The first kappa shape index (κ1) is 12.7. The fourth-order valence-electron chi connectivity index (χ4n) is 2.75.